The third kappa shape index (κ3) is 3.53. The minimum Gasteiger partial charge on any atom is -0.462 e. The van der Waals surface area contributed by atoms with Gasteiger partial charge in [-0.1, -0.05) is 0 Å². The monoisotopic (exact) mass is 313 g/mol. The molecule has 0 aliphatic heterocycles. The standard InChI is InChI=1S/C10H10F3NO5S/c1-2-18-9(15)6-3-4-7(14)8(5-6)19-20(16,17)10(11,12)13/h3-5H,2,14H2,1H3. The van der Waals surface area contributed by atoms with Crippen molar-refractivity contribution in [2.24, 2.45) is 0 Å². The van der Waals surface area contributed by atoms with Gasteiger partial charge in [0.25, 0.3) is 0 Å². The molecule has 0 radical (unpaired) electrons. The Morgan fingerprint density at radius 1 is 1.35 bits per heavy atom. The first-order chi connectivity index (χ1) is 9.08. The number of alkyl halides is 3. The van der Waals surface area contributed by atoms with E-state index in [1.54, 1.807) is 0 Å². The molecule has 0 unspecified atom stereocenters. The lowest BCUT2D eigenvalue weighted by atomic mass is 10.2. The molecule has 2 N–H and O–H groups in total. The summed E-state index contributed by atoms with van der Waals surface area (Å²) in [6.45, 7) is 1.57. The molecular weight excluding hydrogens is 303 g/mol. The SMILES string of the molecule is CCOC(=O)c1ccc(N)c(OS(=O)(=O)C(F)(F)F)c1. The molecule has 0 bridgehead atoms. The second kappa shape index (κ2) is 5.57. The van der Waals surface area contributed by atoms with Crippen molar-refractivity contribution in [2.45, 2.75) is 12.4 Å². The van der Waals surface area contributed by atoms with Crippen LogP contribution in [0.15, 0.2) is 18.2 Å². The smallest absolute Gasteiger partial charge is 0.462 e. The van der Waals surface area contributed by atoms with Crippen LogP contribution in [-0.4, -0.2) is 26.5 Å². The van der Waals surface area contributed by atoms with E-state index in [1.807, 2.05) is 0 Å². The minimum absolute atomic E-state index is 0.0419. The maximum Gasteiger partial charge on any atom is 0.534 e. The fraction of sp³-hybridized carbons (Fsp3) is 0.300. The van der Waals surface area contributed by atoms with Crippen molar-refractivity contribution in [1.29, 1.82) is 0 Å². The number of halogens is 3. The maximum absolute atomic E-state index is 12.2. The summed E-state index contributed by atoms with van der Waals surface area (Å²) in [6.07, 6.45) is 0. The lowest BCUT2D eigenvalue weighted by Gasteiger charge is -2.12. The van der Waals surface area contributed by atoms with Gasteiger partial charge < -0.3 is 14.7 Å². The number of esters is 1. The van der Waals surface area contributed by atoms with Crippen molar-refractivity contribution in [2.75, 3.05) is 12.3 Å². The number of ether oxygens (including phenoxy) is 1. The normalized spacial score (nSPS) is 12.0. The molecule has 0 saturated carbocycles. The van der Waals surface area contributed by atoms with E-state index < -0.39 is 27.3 Å². The summed E-state index contributed by atoms with van der Waals surface area (Å²) in [5.41, 5.74) is -0.849. The quantitative estimate of drug-likeness (QED) is 0.393. The Morgan fingerprint density at radius 2 is 1.95 bits per heavy atom. The van der Waals surface area contributed by atoms with Gasteiger partial charge in [-0.15, -0.1) is 0 Å². The molecule has 0 fully saturated rings. The number of nitrogens with two attached hydrogens (primary N) is 1. The summed E-state index contributed by atoms with van der Waals surface area (Å²) in [5.74, 6) is -1.64. The number of rotatable bonds is 4. The molecule has 0 aromatic heterocycles. The van der Waals surface area contributed by atoms with Crippen LogP contribution < -0.4 is 9.92 Å². The summed E-state index contributed by atoms with van der Waals surface area (Å²) in [6, 6.07) is 2.96. The topological polar surface area (TPSA) is 95.7 Å². The van der Waals surface area contributed by atoms with Crippen LogP contribution in [0, 0.1) is 0 Å². The highest BCUT2D eigenvalue weighted by Gasteiger charge is 2.48. The van der Waals surface area contributed by atoms with Crippen molar-refractivity contribution < 1.29 is 35.3 Å². The number of anilines is 1. The van der Waals surface area contributed by atoms with Gasteiger partial charge in [-0.25, -0.2) is 4.79 Å². The lowest BCUT2D eigenvalue weighted by molar-refractivity contribution is -0.0499. The zero-order valence-electron chi connectivity index (χ0n) is 10.1. The highest BCUT2D eigenvalue weighted by atomic mass is 32.2. The van der Waals surface area contributed by atoms with Crippen molar-refractivity contribution in [3.05, 3.63) is 23.8 Å². The van der Waals surface area contributed by atoms with E-state index in [9.17, 15) is 26.4 Å². The van der Waals surface area contributed by atoms with Crippen LogP contribution in [0.2, 0.25) is 0 Å². The summed E-state index contributed by atoms with van der Waals surface area (Å²) in [4.78, 5) is 11.4. The van der Waals surface area contributed by atoms with Crippen molar-refractivity contribution in [3.8, 4) is 5.75 Å². The molecule has 1 rings (SSSR count). The Kier molecular flexibility index (Phi) is 4.48. The molecule has 0 spiro atoms. The predicted molar refractivity (Wildman–Crippen MR) is 62.4 cm³/mol. The van der Waals surface area contributed by atoms with Crippen LogP contribution in [0.5, 0.6) is 5.75 Å². The van der Waals surface area contributed by atoms with Gasteiger partial charge in [-0.05, 0) is 25.1 Å². The van der Waals surface area contributed by atoms with Crippen LogP contribution in [0.3, 0.4) is 0 Å². The van der Waals surface area contributed by atoms with E-state index in [4.69, 9.17) is 5.73 Å². The number of carbonyl (C=O) groups excluding carboxylic acids is 1. The molecule has 112 valence electrons. The first-order valence-electron chi connectivity index (χ1n) is 5.16. The summed E-state index contributed by atoms with van der Waals surface area (Å²) < 4.78 is 66.8. The predicted octanol–water partition coefficient (Wildman–Crippen LogP) is 1.67. The fourth-order valence-corrected chi connectivity index (χ4v) is 1.59. The van der Waals surface area contributed by atoms with Gasteiger partial charge >= 0.3 is 21.6 Å². The highest BCUT2D eigenvalue weighted by molar-refractivity contribution is 7.88. The number of hydrogen-bond donors (Lipinski definition) is 1. The van der Waals surface area contributed by atoms with Gasteiger partial charge in [0, 0.05) is 0 Å². The van der Waals surface area contributed by atoms with Gasteiger partial charge in [0.05, 0.1) is 17.9 Å². The van der Waals surface area contributed by atoms with Crippen LogP contribution in [-0.2, 0) is 14.9 Å². The zero-order valence-corrected chi connectivity index (χ0v) is 10.9. The Hall–Kier alpha value is -1.97. The highest BCUT2D eigenvalue weighted by Crippen LogP contribution is 2.30. The number of carbonyl (C=O) groups is 1. The molecule has 0 atom stereocenters. The molecule has 0 saturated heterocycles. The average molecular weight is 313 g/mol. The zero-order chi connectivity index (χ0) is 15.6. The second-order valence-corrected chi connectivity index (χ2v) is 4.99. The van der Waals surface area contributed by atoms with E-state index >= 15 is 0 Å². The van der Waals surface area contributed by atoms with Gasteiger partial charge in [-0.2, -0.15) is 21.6 Å². The van der Waals surface area contributed by atoms with Gasteiger partial charge in [-0.3, -0.25) is 0 Å². The summed E-state index contributed by atoms with van der Waals surface area (Å²) >= 11 is 0. The van der Waals surface area contributed by atoms with Crippen LogP contribution in [0.25, 0.3) is 0 Å². The Morgan fingerprint density at radius 3 is 2.45 bits per heavy atom. The summed E-state index contributed by atoms with van der Waals surface area (Å²) in [7, 11) is -5.86. The van der Waals surface area contributed by atoms with Gasteiger partial charge in [0.15, 0.2) is 5.75 Å². The third-order valence-electron chi connectivity index (χ3n) is 2.01. The molecule has 0 heterocycles. The Labute approximate surface area is 112 Å². The van der Waals surface area contributed by atoms with E-state index in [2.05, 4.69) is 8.92 Å². The lowest BCUT2D eigenvalue weighted by Crippen LogP contribution is -2.28. The fourth-order valence-electron chi connectivity index (χ4n) is 1.11. The van der Waals surface area contributed by atoms with E-state index in [1.165, 1.54) is 13.0 Å². The molecule has 0 amide bonds. The number of benzene rings is 1. The maximum atomic E-state index is 12.2. The molecule has 10 heteroatoms. The molecule has 0 aliphatic carbocycles. The second-order valence-electron chi connectivity index (χ2n) is 3.46. The molecule has 0 aliphatic rings. The van der Waals surface area contributed by atoms with Crippen LogP contribution >= 0.6 is 0 Å². The molecule has 6 nitrogen and oxygen atoms in total. The van der Waals surface area contributed by atoms with Crippen molar-refractivity contribution >= 4 is 21.8 Å². The van der Waals surface area contributed by atoms with Crippen molar-refractivity contribution in [3.63, 3.8) is 0 Å². The first-order valence-corrected chi connectivity index (χ1v) is 6.56. The molecule has 1 aromatic rings. The third-order valence-corrected chi connectivity index (χ3v) is 2.97. The number of hydrogen-bond acceptors (Lipinski definition) is 6. The largest absolute Gasteiger partial charge is 0.534 e. The van der Waals surface area contributed by atoms with E-state index in [0.717, 1.165) is 12.1 Å². The first kappa shape index (κ1) is 16.1. The van der Waals surface area contributed by atoms with Gasteiger partial charge in [0.2, 0.25) is 0 Å². The van der Waals surface area contributed by atoms with Crippen molar-refractivity contribution in [1.82, 2.24) is 0 Å². The Bertz CT molecular complexity index is 612. The van der Waals surface area contributed by atoms with E-state index in [0.29, 0.717) is 0 Å². The van der Waals surface area contributed by atoms with Crippen LogP contribution in [0.1, 0.15) is 17.3 Å². The number of nitrogen functional groups attached to an aromatic ring is 1. The van der Waals surface area contributed by atoms with E-state index in [-0.39, 0.29) is 17.9 Å². The Balaban J connectivity index is 3.14. The summed E-state index contributed by atoms with van der Waals surface area (Å²) in [5, 5.41) is 0. The molecule has 20 heavy (non-hydrogen) atoms. The minimum atomic E-state index is -5.86. The average Bonchev–Trinajstić information content (AvgIpc) is 2.30. The molecule has 1 aromatic carbocycles. The van der Waals surface area contributed by atoms with Gasteiger partial charge in [0.1, 0.15) is 0 Å². The molecular formula is C10H10F3NO5S. The van der Waals surface area contributed by atoms with Crippen LogP contribution in [0.4, 0.5) is 18.9 Å².